The molecule has 4 N–H and O–H groups in total. The maximum absolute atomic E-state index is 13.0. The van der Waals surface area contributed by atoms with Gasteiger partial charge < -0.3 is 15.4 Å². The number of imidazole rings is 1. The Kier molecular flexibility index (Phi) is 14.4. The van der Waals surface area contributed by atoms with Crippen molar-refractivity contribution in [3.63, 3.8) is 0 Å². The van der Waals surface area contributed by atoms with Crippen LogP contribution in [-0.4, -0.2) is 43.9 Å². The van der Waals surface area contributed by atoms with Crippen molar-refractivity contribution in [2.24, 2.45) is 12.8 Å². The Bertz CT molecular complexity index is 1280. The largest absolute Gasteiger partial charge is 0.481 e. The number of carbonyl (C=O) groups excluding carboxylic acids is 1. The van der Waals surface area contributed by atoms with Gasteiger partial charge in [0.1, 0.15) is 17.5 Å². The first-order valence-electron chi connectivity index (χ1n) is 13.2. The van der Waals surface area contributed by atoms with Crippen LogP contribution in [0.15, 0.2) is 67.4 Å². The first-order chi connectivity index (χ1) is 19.1. The van der Waals surface area contributed by atoms with Crippen LogP contribution in [0.4, 0.5) is 5.82 Å². The number of amidine groups is 1. The SMILES string of the molecule is C=C.CCCc1nc(/C=C(\C)C(=O)N(CCC(=O)O)c2ccccn2)c(C)n1C.CCc1ccc(C(=N)N)cc1. The number of anilines is 1. The summed E-state index contributed by atoms with van der Waals surface area (Å²) in [6.07, 6.45) is 6.07. The number of aliphatic carboxylic acids is 1. The molecule has 1 aromatic carbocycles. The number of nitrogens with two attached hydrogens (primary N) is 1. The van der Waals surface area contributed by atoms with E-state index in [9.17, 15) is 9.59 Å². The van der Waals surface area contributed by atoms with E-state index in [0.717, 1.165) is 42.0 Å². The molecule has 1 amide bonds. The van der Waals surface area contributed by atoms with Crippen molar-refractivity contribution in [2.75, 3.05) is 11.4 Å². The molecule has 0 fully saturated rings. The smallest absolute Gasteiger partial charge is 0.305 e. The van der Waals surface area contributed by atoms with Crippen molar-refractivity contribution in [2.45, 2.75) is 53.4 Å². The molecule has 0 spiro atoms. The van der Waals surface area contributed by atoms with Gasteiger partial charge in [-0.1, -0.05) is 44.2 Å². The molecule has 0 saturated carbocycles. The first-order valence-corrected chi connectivity index (χ1v) is 13.2. The number of benzene rings is 1. The van der Waals surface area contributed by atoms with Crippen LogP contribution < -0.4 is 10.6 Å². The number of aromatic nitrogens is 3. The highest BCUT2D eigenvalue weighted by Gasteiger charge is 2.20. The van der Waals surface area contributed by atoms with Gasteiger partial charge in [-0.15, -0.1) is 13.2 Å². The number of amides is 1. The Morgan fingerprint density at radius 3 is 2.30 bits per heavy atom. The maximum Gasteiger partial charge on any atom is 0.305 e. The number of pyridine rings is 1. The molecule has 0 radical (unpaired) electrons. The first kappa shape index (κ1) is 33.5. The highest BCUT2D eigenvalue weighted by molar-refractivity contribution is 6.07. The quantitative estimate of drug-likeness (QED) is 0.136. The molecule has 0 aliphatic rings. The van der Waals surface area contributed by atoms with E-state index >= 15 is 0 Å². The van der Waals surface area contributed by atoms with Gasteiger partial charge in [0.25, 0.3) is 5.91 Å². The van der Waals surface area contributed by atoms with Gasteiger partial charge in [0.2, 0.25) is 0 Å². The summed E-state index contributed by atoms with van der Waals surface area (Å²) in [5.74, 6) is 0.301. The molecule has 0 aliphatic heterocycles. The third-order valence-electron chi connectivity index (χ3n) is 6.07. The number of carboxylic acids is 1. The average molecular weight is 547 g/mol. The summed E-state index contributed by atoms with van der Waals surface area (Å²) in [7, 11) is 1.97. The van der Waals surface area contributed by atoms with Crippen molar-refractivity contribution < 1.29 is 14.7 Å². The van der Waals surface area contributed by atoms with Crippen molar-refractivity contribution in [3.05, 3.63) is 95.7 Å². The second kappa shape index (κ2) is 17.1. The van der Waals surface area contributed by atoms with Crippen LogP contribution in [0, 0.1) is 12.3 Å². The number of nitrogen functional groups attached to an aromatic ring is 1. The van der Waals surface area contributed by atoms with Crippen molar-refractivity contribution in [3.8, 4) is 0 Å². The van der Waals surface area contributed by atoms with Crippen LogP contribution in [0.3, 0.4) is 0 Å². The van der Waals surface area contributed by atoms with E-state index < -0.39 is 5.97 Å². The fourth-order valence-electron chi connectivity index (χ4n) is 3.68. The van der Waals surface area contributed by atoms with Crippen LogP contribution in [-0.2, 0) is 29.5 Å². The van der Waals surface area contributed by atoms with Gasteiger partial charge in [-0.3, -0.25) is 19.9 Å². The van der Waals surface area contributed by atoms with Gasteiger partial charge in [-0.2, -0.15) is 0 Å². The van der Waals surface area contributed by atoms with Gasteiger partial charge in [0.05, 0.1) is 12.1 Å². The minimum atomic E-state index is -0.963. The molecule has 0 atom stereocenters. The Morgan fingerprint density at radius 1 is 1.15 bits per heavy atom. The van der Waals surface area contributed by atoms with E-state index in [1.54, 1.807) is 37.4 Å². The van der Waals surface area contributed by atoms with E-state index in [4.69, 9.17) is 16.2 Å². The number of nitrogens with one attached hydrogen (secondary N) is 1. The standard InChI is InChI=1S/C20H26N4O3.C9H12N2.C2H4/c1-5-8-18-22-16(15(3)23(18)4)13-14(2)20(27)24(12-10-19(25)26)17-9-6-7-11-21-17;1-2-7-3-5-8(6-4-7)9(10)11;1-2/h6-7,9,11,13H,5,8,10,12H2,1-4H3,(H,25,26);3-6H,2H2,1H3,(H3,10,11);1-2H2/b14-13+;;. The summed E-state index contributed by atoms with van der Waals surface area (Å²) in [5.41, 5.74) is 9.58. The Balaban J connectivity index is 0.000000512. The summed E-state index contributed by atoms with van der Waals surface area (Å²) >= 11 is 0. The minimum absolute atomic E-state index is 0.0542. The molecule has 3 aromatic rings. The number of hydrogen-bond acceptors (Lipinski definition) is 5. The Labute approximate surface area is 237 Å². The molecule has 3 rings (SSSR count). The van der Waals surface area contributed by atoms with E-state index in [-0.39, 0.29) is 24.7 Å². The van der Waals surface area contributed by atoms with Gasteiger partial charge in [-0.25, -0.2) is 9.97 Å². The lowest BCUT2D eigenvalue weighted by Gasteiger charge is -2.21. The number of rotatable bonds is 10. The molecular formula is C31H42N6O3. The van der Waals surface area contributed by atoms with Crippen molar-refractivity contribution in [1.82, 2.24) is 14.5 Å². The van der Waals surface area contributed by atoms with Crippen LogP contribution in [0.5, 0.6) is 0 Å². The lowest BCUT2D eigenvalue weighted by atomic mass is 10.1. The summed E-state index contributed by atoms with van der Waals surface area (Å²) in [6.45, 7) is 13.9. The molecule has 0 unspecified atom stereocenters. The number of aryl methyl sites for hydroxylation is 2. The highest BCUT2D eigenvalue weighted by atomic mass is 16.4. The lowest BCUT2D eigenvalue weighted by Crippen LogP contribution is -2.34. The van der Waals surface area contributed by atoms with Crippen LogP contribution in [0.25, 0.3) is 6.08 Å². The fourth-order valence-corrected chi connectivity index (χ4v) is 3.68. The van der Waals surface area contributed by atoms with Gasteiger partial charge >= 0.3 is 5.97 Å². The van der Waals surface area contributed by atoms with Gasteiger partial charge in [-0.05, 0) is 50.5 Å². The molecule has 40 heavy (non-hydrogen) atoms. The predicted octanol–water partition coefficient (Wildman–Crippen LogP) is 5.32. The Hall–Kier alpha value is -4.53. The lowest BCUT2D eigenvalue weighted by molar-refractivity contribution is -0.136. The number of carbonyl (C=O) groups is 2. The third kappa shape index (κ3) is 9.98. The molecule has 214 valence electrons. The molecule has 2 heterocycles. The summed E-state index contributed by atoms with van der Waals surface area (Å²) in [4.78, 5) is 34.2. The topological polar surface area (TPSA) is 138 Å². The zero-order chi connectivity index (χ0) is 30.2. The van der Waals surface area contributed by atoms with Gasteiger partial charge in [0.15, 0.2) is 0 Å². The molecule has 0 aliphatic carbocycles. The second-order valence-corrected chi connectivity index (χ2v) is 8.89. The number of nitrogens with zero attached hydrogens (tertiary/aromatic N) is 4. The monoisotopic (exact) mass is 546 g/mol. The normalized spacial score (nSPS) is 10.5. The minimum Gasteiger partial charge on any atom is -0.481 e. The van der Waals surface area contributed by atoms with Crippen molar-refractivity contribution >= 4 is 29.6 Å². The van der Waals surface area contributed by atoms with Crippen LogP contribution in [0.2, 0.25) is 0 Å². The second-order valence-electron chi connectivity index (χ2n) is 8.89. The van der Waals surface area contributed by atoms with E-state index in [1.165, 1.54) is 10.5 Å². The maximum atomic E-state index is 13.0. The van der Waals surface area contributed by atoms with E-state index in [2.05, 4.69) is 37.0 Å². The zero-order valence-electron chi connectivity index (χ0n) is 24.3. The molecule has 9 heteroatoms. The predicted molar refractivity (Wildman–Crippen MR) is 163 cm³/mol. The fraction of sp³-hybridized carbons (Fsp3) is 0.323. The highest BCUT2D eigenvalue weighted by Crippen LogP contribution is 2.18. The summed E-state index contributed by atoms with van der Waals surface area (Å²) in [6, 6.07) is 13.0. The van der Waals surface area contributed by atoms with Gasteiger partial charge in [0, 0.05) is 43.0 Å². The molecule has 0 saturated heterocycles. The summed E-state index contributed by atoms with van der Waals surface area (Å²) < 4.78 is 2.04. The van der Waals surface area contributed by atoms with E-state index in [1.807, 2.05) is 42.8 Å². The number of hydrogen-bond donors (Lipinski definition) is 3. The van der Waals surface area contributed by atoms with Crippen LogP contribution in [0.1, 0.15) is 62.0 Å². The van der Waals surface area contributed by atoms with Crippen molar-refractivity contribution in [1.29, 1.82) is 5.41 Å². The average Bonchev–Trinajstić information content (AvgIpc) is 3.22. The molecule has 0 bridgehead atoms. The number of carboxylic acid groups (broad SMARTS) is 1. The third-order valence-corrected chi connectivity index (χ3v) is 6.07. The van der Waals surface area contributed by atoms with E-state index in [0.29, 0.717) is 11.4 Å². The Morgan fingerprint density at radius 2 is 1.80 bits per heavy atom. The molecular weight excluding hydrogens is 504 g/mol. The molecule has 2 aromatic heterocycles. The van der Waals surface area contributed by atoms with Crippen LogP contribution >= 0.6 is 0 Å². The zero-order valence-corrected chi connectivity index (χ0v) is 24.3. The summed E-state index contributed by atoms with van der Waals surface area (Å²) in [5, 5.41) is 16.1. The molecule has 9 nitrogen and oxygen atoms in total.